The van der Waals surface area contributed by atoms with Gasteiger partial charge in [0.2, 0.25) is 5.91 Å². The van der Waals surface area contributed by atoms with Gasteiger partial charge >= 0.3 is 0 Å². The lowest BCUT2D eigenvalue weighted by Crippen LogP contribution is -2.62. The van der Waals surface area contributed by atoms with Gasteiger partial charge in [-0.15, -0.1) is 11.6 Å². The number of nitrogens with one attached hydrogen (secondary N) is 2. The van der Waals surface area contributed by atoms with Crippen LogP contribution in [0.5, 0.6) is 0 Å². The van der Waals surface area contributed by atoms with E-state index in [1.54, 1.807) is 0 Å². The van der Waals surface area contributed by atoms with Gasteiger partial charge in [0.25, 0.3) is 0 Å². The SMILES string of the molecule is CC(C)N1NCC2C(C(=O)N(C)CC3CCCCC3Cl)CC(C3CCCC(CN(C)CCN)C3)NC21. The molecule has 0 bridgehead atoms. The Morgan fingerprint density at radius 1 is 1.08 bits per heavy atom. The Balaban J connectivity index is 1.46. The molecule has 2 aliphatic carbocycles. The van der Waals surface area contributed by atoms with E-state index >= 15 is 0 Å². The van der Waals surface area contributed by atoms with Crippen molar-refractivity contribution in [3.63, 3.8) is 0 Å². The Morgan fingerprint density at radius 3 is 2.58 bits per heavy atom. The molecule has 4 rings (SSSR count). The maximum atomic E-state index is 14.0. The molecule has 0 aromatic carbocycles. The van der Waals surface area contributed by atoms with Crippen LogP contribution in [0.3, 0.4) is 0 Å². The number of carbonyl (C=O) groups is 1. The van der Waals surface area contributed by atoms with E-state index in [4.69, 9.17) is 17.3 Å². The highest BCUT2D eigenvalue weighted by Gasteiger charge is 2.50. The average Bonchev–Trinajstić information content (AvgIpc) is 3.29. The van der Waals surface area contributed by atoms with Gasteiger partial charge in [-0.3, -0.25) is 15.5 Å². The van der Waals surface area contributed by atoms with E-state index in [0.717, 1.165) is 57.9 Å². The molecule has 2 saturated heterocycles. The van der Waals surface area contributed by atoms with Crippen LogP contribution >= 0.6 is 11.6 Å². The molecule has 7 nitrogen and oxygen atoms in total. The van der Waals surface area contributed by atoms with E-state index in [9.17, 15) is 4.79 Å². The van der Waals surface area contributed by atoms with Gasteiger partial charge in [-0.25, -0.2) is 5.01 Å². The Morgan fingerprint density at radius 2 is 1.86 bits per heavy atom. The van der Waals surface area contributed by atoms with E-state index in [1.807, 2.05) is 11.9 Å². The summed E-state index contributed by atoms with van der Waals surface area (Å²) < 4.78 is 0. The van der Waals surface area contributed by atoms with Crippen LogP contribution in [0.4, 0.5) is 0 Å². The van der Waals surface area contributed by atoms with Crippen LogP contribution in [0.15, 0.2) is 0 Å². The Labute approximate surface area is 225 Å². The van der Waals surface area contributed by atoms with Crippen LogP contribution in [0.2, 0.25) is 0 Å². The smallest absolute Gasteiger partial charge is 0.225 e. The summed E-state index contributed by atoms with van der Waals surface area (Å²) in [7, 11) is 4.23. The molecule has 36 heavy (non-hydrogen) atoms. The molecule has 0 radical (unpaired) electrons. The van der Waals surface area contributed by atoms with Crippen molar-refractivity contribution in [2.75, 3.05) is 46.8 Å². The van der Waals surface area contributed by atoms with E-state index in [-0.39, 0.29) is 17.5 Å². The van der Waals surface area contributed by atoms with Gasteiger partial charge in [0.1, 0.15) is 0 Å². The number of hydrogen-bond donors (Lipinski definition) is 3. The molecule has 8 atom stereocenters. The summed E-state index contributed by atoms with van der Waals surface area (Å²) in [6, 6.07) is 0.788. The second-order valence-corrected chi connectivity index (χ2v) is 13.3. The minimum absolute atomic E-state index is 0.0696. The third kappa shape index (κ3) is 6.76. The largest absolute Gasteiger partial charge is 0.345 e. The lowest BCUT2D eigenvalue weighted by molar-refractivity contribution is -0.139. The molecule has 8 heteroatoms. The van der Waals surface area contributed by atoms with Crippen molar-refractivity contribution in [2.45, 2.75) is 95.3 Å². The fourth-order valence-electron chi connectivity index (χ4n) is 7.75. The number of halogens is 1. The molecule has 2 aliphatic heterocycles. The minimum atomic E-state index is 0.0696. The fourth-order valence-corrected chi connectivity index (χ4v) is 8.11. The summed E-state index contributed by atoms with van der Waals surface area (Å²) in [5.41, 5.74) is 9.44. The highest BCUT2D eigenvalue weighted by atomic mass is 35.5. The van der Waals surface area contributed by atoms with Gasteiger partial charge < -0.3 is 15.5 Å². The second kappa shape index (κ2) is 13.1. The van der Waals surface area contributed by atoms with Gasteiger partial charge in [0.05, 0.1) is 6.17 Å². The molecule has 208 valence electrons. The standard InChI is InChI=1S/C28H53ClN6O/c1-19(2)35-27-24(16-31-35)23(28(36)34(4)18-22-9-5-6-11-25(22)29)15-26(32-27)21-10-7-8-20(14-21)17-33(3)13-12-30/h19-27,31-32H,5-18,30H2,1-4H3. The second-order valence-electron chi connectivity index (χ2n) is 12.7. The van der Waals surface area contributed by atoms with Gasteiger partial charge in [0, 0.05) is 69.1 Å². The summed E-state index contributed by atoms with van der Waals surface area (Å²) in [5.74, 6) is 2.52. The zero-order valence-corrected chi connectivity index (χ0v) is 24.1. The summed E-state index contributed by atoms with van der Waals surface area (Å²) >= 11 is 6.68. The summed E-state index contributed by atoms with van der Waals surface area (Å²) in [6.45, 7) is 9.01. The number of likely N-dealkylation sites (N-methyl/N-ethyl adjacent to an activating group) is 1. The Bertz CT molecular complexity index is 710. The summed E-state index contributed by atoms with van der Waals surface area (Å²) in [5, 5.41) is 6.65. The molecule has 2 saturated carbocycles. The maximum Gasteiger partial charge on any atom is 0.225 e. The number of fused-ring (bicyclic) bond motifs is 1. The highest BCUT2D eigenvalue weighted by molar-refractivity contribution is 6.20. The number of nitrogens with zero attached hydrogens (tertiary/aromatic N) is 3. The Hall–Kier alpha value is -0.440. The fraction of sp³-hybridized carbons (Fsp3) is 0.964. The van der Waals surface area contributed by atoms with Crippen molar-refractivity contribution in [3.8, 4) is 0 Å². The molecule has 0 aromatic rings. The monoisotopic (exact) mass is 524 g/mol. The topological polar surface area (TPSA) is 76.9 Å². The number of hydrazine groups is 1. The molecular weight excluding hydrogens is 472 g/mol. The predicted octanol–water partition coefficient (Wildman–Crippen LogP) is 3.09. The van der Waals surface area contributed by atoms with E-state index in [1.165, 1.54) is 38.5 Å². The normalized spacial score (nSPS) is 37.9. The number of hydrogen-bond acceptors (Lipinski definition) is 6. The molecule has 0 aromatic heterocycles. The number of carbonyl (C=O) groups excluding carboxylic acids is 1. The molecule has 4 N–H and O–H groups in total. The van der Waals surface area contributed by atoms with Crippen molar-refractivity contribution in [3.05, 3.63) is 0 Å². The highest BCUT2D eigenvalue weighted by Crippen LogP contribution is 2.40. The first-order valence-corrected chi connectivity index (χ1v) is 15.3. The molecular formula is C28H53ClN6O. The zero-order chi connectivity index (χ0) is 25.8. The van der Waals surface area contributed by atoms with E-state index in [2.05, 4.69) is 41.5 Å². The maximum absolute atomic E-state index is 14.0. The molecule has 0 spiro atoms. The van der Waals surface area contributed by atoms with Crippen molar-refractivity contribution in [2.24, 2.45) is 35.3 Å². The van der Waals surface area contributed by atoms with Crippen molar-refractivity contribution < 1.29 is 4.79 Å². The lowest BCUT2D eigenvalue weighted by atomic mass is 9.71. The Kier molecular flexibility index (Phi) is 10.4. The first-order chi connectivity index (χ1) is 17.3. The first kappa shape index (κ1) is 28.6. The minimum Gasteiger partial charge on any atom is -0.345 e. The summed E-state index contributed by atoms with van der Waals surface area (Å²) in [6.07, 6.45) is 11.0. The van der Waals surface area contributed by atoms with E-state index < -0.39 is 0 Å². The van der Waals surface area contributed by atoms with E-state index in [0.29, 0.717) is 35.7 Å². The average molecular weight is 525 g/mol. The third-order valence-electron chi connectivity index (χ3n) is 9.67. The number of piperidine rings is 1. The first-order valence-electron chi connectivity index (χ1n) is 14.8. The van der Waals surface area contributed by atoms with Gasteiger partial charge in [-0.1, -0.05) is 19.3 Å². The molecule has 8 unspecified atom stereocenters. The molecule has 2 heterocycles. The number of alkyl halides is 1. The lowest BCUT2D eigenvalue weighted by Gasteiger charge is -2.47. The van der Waals surface area contributed by atoms with Gasteiger partial charge in [-0.05, 0) is 77.2 Å². The van der Waals surface area contributed by atoms with Crippen LogP contribution < -0.4 is 16.5 Å². The zero-order valence-electron chi connectivity index (χ0n) is 23.3. The van der Waals surface area contributed by atoms with Crippen LogP contribution in [-0.4, -0.2) is 91.2 Å². The van der Waals surface area contributed by atoms with Crippen LogP contribution in [-0.2, 0) is 4.79 Å². The van der Waals surface area contributed by atoms with Gasteiger partial charge in [-0.2, -0.15) is 0 Å². The number of rotatable bonds is 9. The molecule has 4 fully saturated rings. The number of amides is 1. The predicted molar refractivity (Wildman–Crippen MR) is 149 cm³/mol. The quantitative estimate of drug-likeness (QED) is 0.402. The van der Waals surface area contributed by atoms with Crippen LogP contribution in [0, 0.1) is 29.6 Å². The van der Waals surface area contributed by atoms with Crippen molar-refractivity contribution in [1.29, 1.82) is 0 Å². The third-order valence-corrected chi connectivity index (χ3v) is 10.2. The van der Waals surface area contributed by atoms with Crippen LogP contribution in [0.25, 0.3) is 0 Å². The van der Waals surface area contributed by atoms with Crippen LogP contribution in [0.1, 0.15) is 71.6 Å². The molecule has 4 aliphatic rings. The summed E-state index contributed by atoms with van der Waals surface area (Å²) in [4.78, 5) is 18.4. The van der Waals surface area contributed by atoms with Crippen molar-refractivity contribution >= 4 is 17.5 Å². The van der Waals surface area contributed by atoms with Crippen molar-refractivity contribution in [1.82, 2.24) is 25.6 Å². The number of nitrogens with two attached hydrogens (primary N) is 1. The van der Waals surface area contributed by atoms with Gasteiger partial charge in [0.15, 0.2) is 0 Å². The molecule has 1 amide bonds.